The van der Waals surface area contributed by atoms with Gasteiger partial charge < -0.3 is 4.90 Å². The Labute approximate surface area is 119 Å². The molecule has 1 aliphatic heterocycles. The molecule has 2 fully saturated rings. The van der Waals surface area contributed by atoms with Gasteiger partial charge in [0.05, 0.1) is 11.4 Å². The molecule has 1 aromatic heterocycles. The van der Waals surface area contributed by atoms with E-state index in [0.717, 1.165) is 49.3 Å². The van der Waals surface area contributed by atoms with Crippen molar-refractivity contribution in [3.8, 4) is 0 Å². The molecule has 0 unspecified atom stereocenters. The summed E-state index contributed by atoms with van der Waals surface area (Å²) >= 11 is 6.24. The van der Waals surface area contributed by atoms with Crippen LogP contribution in [-0.4, -0.2) is 47.6 Å². The Bertz CT molecular complexity index is 465. The van der Waals surface area contributed by atoms with Crippen molar-refractivity contribution in [2.24, 2.45) is 5.92 Å². The van der Waals surface area contributed by atoms with Crippen LogP contribution < -0.4 is 4.90 Å². The van der Waals surface area contributed by atoms with Gasteiger partial charge in [-0.1, -0.05) is 11.6 Å². The Morgan fingerprint density at radius 3 is 2.32 bits per heavy atom. The molecule has 3 rings (SSSR count). The number of anilines is 1. The molecule has 0 atom stereocenters. The van der Waals surface area contributed by atoms with Crippen LogP contribution in [0, 0.1) is 19.8 Å². The van der Waals surface area contributed by atoms with E-state index in [-0.39, 0.29) is 0 Å². The standard InChI is InChI=1S/C14H21ClN4/c1-10-11(2)17-14(13(15)16-10)19-7-5-18(6-8-19)9-12-3-4-12/h12H,3-9H2,1-2H3. The summed E-state index contributed by atoms with van der Waals surface area (Å²) in [6, 6.07) is 0. The molecule has 19 heavy (non-hydrogen) atoms. The van der Waals surface area contributed by atoms with E-state index in [2.05, 4.69) is 19.8 Å². The van der Waals surface area contributed by atoms with E-state index >= 15 is 0 Å². The topological polar surface area (TPSA) is 32.3 Å². The quantitative estimate of drug-likeness (QED) is 0.850. The van der Waals surface area contributed by atoms with Crippen LogP contribution in [0.1, 0.15) is 24.2 Å². The van der Waals surface area contributed by atoms with Gasteiger partial charge in [-0.15, -0.1) is 0 Å². The largest absolute Gasteiger partial charge is 0.351 e. The van der Waals surface area contributed by atoms with Crippen LogP contribution in [0.3, 0.4) is 0 Å². The molecule has 1 saturated heterocycles. The van der Waals surface area contributed by atoms with Crippen molar-refractivity contribution in [2.75, 3.05) is 37.6 Å². The Morgan fingerprint density at radius 1 is 1.05 bits per heavy atom. The van der Waals surface area contributed by atoms with Gasteiger partial charge in [-0.05, 0) is 32.6 Å². The minimum absolute atomic E-state index is 0.541. The molecular formula is C14H21ClN4. The summed E-state index contributed by atoms with van der Waals surface area (Å²) in [5.74, 6) is 1.83. The van der Waals surface area contributed by atoms with Crippen LogP contribution in [0.4, 0.5) is 5.82 Å². The van der Waals surface area contributed by atoms with E-state index in [1.807, 2.05) is 13.8 Å². The first kappa shape index (κ1) is 13.1. The van der Waals surface area contributed by atoms with Crippen LogP contribution in [-0.2, 0) is 0 Å². The molecule has 0 aromatic carbocycles. The monoisotopic (exact) mass is 280 g/mol. The summed E-state index contributed by atoms with van der Waals surface area (Å²) in [6.07, 6.45) is 2.85. The smallest absolute Gasteiger partial charge is 0.171 e. The Hall–Kier alpha value is -0.870. The fourth-order valence-electron chi connectivity index (χ4n) is 2.57. The third-order valence-corrected chi connectivity index (χ3v) is 4.39. The molecule has 0 bridgehead atoms. The second-order valence-corrected chi connectivity index (χ2v) is 6.10. The number of aromatic nitrogens is 2. The normalized spacial score (nSPS) is 20.9. The number of hydrogen-bond donors (Lipinski definition) is 0. The molecule has 1 aliphatic carbocycles. The molecular weight excluding hydrogens is 260 g/mol. The molecule has 1 saturated carbocycles. The SMILES string of the molecule is Cc1nc(Cl)c(N2CCN(CC3CC3)CC2)nc1C. The van der Waals surface area contributed by atoms with Gasteiger partial charge in [0.1, 0.15) is 0 Å². The number of rotatable bonds is 3. The van der Waals surface area contributed by atoms with Crippen LogP contribution >= 0.6 is 11.6 Å². The zero-order valence-corrected chi connectivity index (χ0v) is 12.4. The van der Waals surface area contributed by atoms with Gasteiger partial charge in [0.15, 0.2) is 11.0 Å². The molecule has 0 amide bonds. The maximum absolute atomic E-state index is 6.24. The molecule has 2 heterocycles. The fourth-order valence-corrected chi connectivity index (χ4v) is 2.86. The van der Waals surface area contributed by atoms with Gasteiger partial charge >= 0.3 is 0 Å². The Morgan fingerprint density at radius 2 is 1.68 bits per heavy atom. The van der Waals surface area contributed by atoms with E-state index in [9.17, 15) is 0 Å². The van der Waals surface area contributed by atoms with Gasteiger partial charge in [0.2, 0.25) is 0 Å². The van der Waals surface area contributed by atoms with Gasteiger partial charge in [0, 0.05) is 32.7 Å². The molecule has 2 aliphatic rings. The van der Waals surface area contributed by atoms with Crippen molar-refractivity contribution in [2.45, 2.75) is 26.7 Å². The molecule has 0 spiro atoms. The Kier molecular flexibility index (Phi) is 3.63. The first-order valence-corrected chi connectivity index (χ1v) is 7.49. The molecule has 1 aromatic rings. The fraction of sp³-hybridized carbons (Fsp3) is 0.714. The summed E-state index contributed by atoms with van der Waals surface area (Å²) in [6.45, 7) is 9.45. The maximum atomic E-state index is 6.24. The Balaban J connectivity index is 1.65. The van der Waals surface area contributed by atoms with E-state index < -0.39 is 0 Å². The zero-order valence-electron chi connectivity index (χ0n) is 11.7. The number of piperazine rings is 1. The van der Waals surface area contributed by atoms with Crippen LogP contribution in [0.5, 0.6) is 0 Å². The van der Waals surface area contributed by atoms with Gasteiger partial charge in [-0.25, -0.2) is 9.97 Å². The van der Waals surface area contributed by atoms with Crippen molar-refractivity contribution in [1.82, 2.24) is 14.9 Å². The van der Waals surface area contributed by atoms with Gasteiger partial charge in [0.25, 0.3) is 0 Å². The summed E-state index contributed by atoms with van der Waals surface area (Å²) in [5, 5.41) is 0.541. The lowest BCUT2D eigenvalue weighted by Gasteiger charge is -2.35. The van der Waals surface area contributed by atoms with Crippen LogP contribution in [0.2, 0.25) is 5.15 Å². The lowest BCUT2D eigenvalue weighted by Crippen LogP contribution is -2.47. The van der Waals surface area contributed by atoms with E-state index in [0.29, 0.717) is 5.15 Å². The molecule has 104 valence electrons. The lowest BCUT2D eigenvalue weighted by molar-refractivity contribution is 0.247. The third-order valence-electron chi connectivity index (χ3n) is 4.13. The number of halogens is 1. The number of aryl methyl sites for hydroxylation is 2. The van der Waals surface area contributed by atoms with Crippen molar-refractivity contribution >= 4 is 17.4 Å². The predicted octanol–water partition coefficient (Wildman–Crippen LogP) is 2.28. The summed E-state index contributed by atoms with van der Waals surface area (Å²) in [5.41, 5.74) is 1.89. The van der Waals surface area contributed by atoms with E-state index in [4.69, 9.17) is 11.6 Å². The highest BCUT2D eigenvalue weighted by atomic mass is 35.5. The minimum atomic E-state index is 0.541. The third kappa shape index (κ3) is 3.00. The summed E-state index contributed by atoms with van der Waals surface area (Å²) in [4.78, 5) is 13.8. The van der Waals surface area contributed by atoms with E-state index in [1.165, 1.54) is 19.4 Å². The van der Waals surface area contributed by atoms with Crippen molar-refractivity contribution in [1.29, 1.82) is 0 Å². The van der Waals surface area contributed by atoms with Gasteiger partial charge in [-0.3, -0.25) is 4.90 Å². The van der Waals surface area contributed by atoms with Crippen molar-refractivity contribution in [3.63, 3.8) is 0 Å². The van der Waals surface area contributed by atoms with Crippen molar-refractivity contribution in [3.05, 3.63) is 16.5 Å². The second-order valence-electron chi connectivity index (χ2n) is 5.74. The highest BCUT2D eigenvalue weighted by Gasteiger charge is 2.27. The van der Waals surface area contributed by atoms with Crippen molar-refractivity contribution < 1.29 is 0 Å². The molecule has 0 N–H and O–H groups in total. The maximum Gasteiger partial charge on any atom is 0.171 e. The van der Waals surface area contributed by atoms with Crippen LogP contribution in [0.25, 0.3) is 0 Å². The average Bonchev–Trinajstić information content (AvgIpc) is 3.19. The molecule has 4 nitrogen and oxygen atoms in total. The minimum Gasteiger partial charge on any atom is -0.351 e. The van der Waals surface area contributed by atoms with E-state index in [1.54, 1.807) is 0 Å². The first-order chi connectivity index (χ1) is 9.13. The highest BCUT2D eigenvalue weighted by Crippen LogP contribution is 2.30. The zero-order chi connectivity index (χ0) is 13.4. The first-order valence-electron chi connectivity index (χ1n) is 7.11. The predicted molar refractivity (Wildman–Crippen MR) is 77.9 cm³/mol. The summed E-state index contributed by atoms with van der Waals surface area (Å²) < 4.78 is 0. The molecule has 0 radical (unpaired) electrons. The number of nitrogens with zero attached hydrogens (tertiary/aromatic N) is 4. The summed E-state index contributed by atoms with van der Waals surface area (Å²) in [7, 11) is 0. The molecule has 5 heteroatoms. The van der Waals surface area contributed by atoms with Crippen LogP contribution in [0.15, 0.2) is 0 Å². The average molecular weight is 281 g/mol. The lowest BCUT2D eigenvalue weighted by atomic mass is 10.2. The highest BCUT2D eigenvalue weighted by molar-refractivity contribution is 6.31. The van der Waals surface area contributed by atoms with Gasteiger partial charge in [-0.2, -0.15) is 0 Å². The number of hydrogen-bond acceptors (Lipinski definition) is 4. The second kappa shape index (κ2) is 5.25.